The van der Waals surface area contributed by atoms with Crippen molar-refractivity contribution in [1.29, 1.82) is 0 Å². The molecule has 0 amide bonds. The van der Waals surface area contributed by atoms with E-state index in [4.69, 9.17) is 17.0 Å². The van der Waals surface area contributed by atoms with Gasteiger partial charge in [0.2, 0.25) is 0 Å². The van der Waals surface area contributed by atoms with Gasteiger partial charge in [-0.15, -0.1) is 11.3 Å². The van der Waals surface area contributed by atoms with Crippen molar-refractivity contribution in [3.63, 3.8) is 0 Å². The van der Waals surface area contributed by atoms with Crippen molar-refractivity contribution in [2.75, 3.05) is 18.5 Å². The summed E-state index contributed by atoms with van der Waals surface area (Å²) in [7, 11) is 0. The topological polar surface area (TPSA) is 68.2 Å². The molecule has 140 valence electrons. The molecular weight excluding hydrogens is 368 g/mol. The maximum Gasteiger partial charge on any atom is 0.341 e. The Morgan fingerprint density at radius 2 is 2.27 bits per heavy atom. The van der Waals surface area contributed by atoms with Gasteiger partial charge in [-0.3, -0.25) is 4.68 Å². The lowest BCUT2D eigenvalue weighted by Gasteiger charge is -2.13. The van der Waals surface area contributed by atoms with Crippen molar-refractivity contribution in [3.05, 3.63) is 34.5 Å². The van der Waals surface area contributed by atoms with Gasteiger partial charge >= 0.3 is 5.97 Å². The number of rotatable bonds is 7. The third-order valence-corrected chi connectivity index (χ3v) is 5.74. The van der Waals surface area contributed by atoms with Crippen LogP contribution in [0.4, 0.5) is 5.00 Å². The first-order valence-corrected chi connectivity index (χ1v) is 10.3. The average Bonchev–Trinajstić information content (AvgIpc) is 3.26. The average molecular weight is 393 g/mol. The number of nitrogens with zero attached hydrogens (tertiary/aromatic N) is 2. The van der Waals surface area contributed by atoms with Crippen LogP contribution in [0.3, 0.4) is 0 Å². The van der Waals surface area contributed by atoms with Gasteiger partial charge in [-0.25, -0.2) is 4.79 Å². The summed E-state index contributed by atoms with van der Waals surface area (Å²) in [6.07, 6.45) is 8.88. The molecule has 0 unspecified atom stereocenters. The molecule has 26 heavy (non-hydrogen) atoms. The summed E-state index contributed by atoms with van der Waals surface area (Å²) >= 11 is 7.04. The second-order valence-corrected chi connectivity index (χ2v) is 7.65. The van der Waals surface area contributed by atoms with Gasteiger partial charge in [-0.2, -0.15) is 5.10 Å². The van der Waals surface area contributed by atoms with E-state index in [1.54, 1.807) is 17.5 Å². The smallest absolute Gasteiger partial charge is 0.341 e. The lowest BCUT2D eigenvalue weighted by Crippen LogP contribution is -2.30. The van der Waals surface area contributed by atoms with E-state index in [0.29, 0.717) is 17.3 Å². The monoisotopic (exact) mass is 392 g/mol. The Morgan fingerprint density at radius 1 is 1.42 bits per heavy atom. The Morgan fingerprint density at radius 3 is 3.04 bits per heavy atom. The molecule has 2 heterocycles. The van der Waals surface area contributed by atoms with E-state index in [9.17, 15) is 4.79 Å². The fraction of sp³-hybridized carbons (Fsp3) is 0.500. The highest BCUT2D eigenvalue weighted by molar-refractivity contribution is 7.80. The second kappa shape index (κ2) is 9.14. The van der Waals surface area contributed by atoms with Gasteiger partial charge < -0.3 is 15.4 Å². The number of carbonyl (C=O) groups is 1. The number of fused-ring (bicyclic) bond motifs is 1. The van der Waals surface area contributed by atoms with E-state index in [-0.39, 0.29) is 5.97 Å². The van der Waals surface area contributed by atoms with E-state index in [1.165, 1.54) is 11.3 Å². The lowest BCUT2D eigenvalue weighted by atomic mass is 9.95. The highest BCUT2D eigenvalue weighted by Crippen LogP contribution is 2.38. The predicted molar refractivity (Wildman–Crippen MR) is 108 cm³/mol. The number of aromatic nitrogens is 2. The zero-order valence-electron chi connectivity index (χ0n) is 14.9. The van der Waals surface area contributed by atoms with Crippen LogP contribution in [0.25, 0.3) is 0 Å². The zero-order valence-corrected chi connectivity index (χ0v) is 16.5. The molecule has 0 fully saturated rings. The Labute approximate surface area is 162 Å². The number of carbonyl (C=O) groups excluding carboxylic acids is 1. The van der Waals surface area contributed by atoms with E-state index in [2.05, 4.69) is 15.7 Å². The fourth-order valence-corrected chi connectivity index (χ4v) is 4.65. The minimum Gasteiger partial charge on any atom is -0.462 e. The summed E-state index contributed by atoms with van der Waals surface area (Å²) in [5, 5.41) is 11.9. The third kappa shape index (κ3) is 4.62. The molecule has 0 saturated heterocycles. The van der Waals surface area contributed by atoms with Gasteiger partial charge in [0, 0.05) is 30.4 Å². The molecule has 0 radical (unpaired) electrons. The molecule has 0 aliphatic heterocycles. The first-order chi connectivity index (χ1) is 12.7. The number of esters is 1. The number of hydrogen-bond donors (Lipinski definition) is 2. The normalized spacial score (nSPS) is 13.1. The number of thiophene rings is 1. The van der Waals surface area contributed by atoms with Crippen molar-refractivity contribution in [1.82, 2.24) is 15.1 Å². The van der Waals surface area contributed by atoms with Crippen LogP contribution in [-0.4, -0.2) is 34.0 Å². The maximum atomic E-state index is 12.4. The van der Waals surface area contributed by atoms with Crippen LogP contribution in [0.1, 0.15) is 47.0 Å². The van der Waals surface area contributed by atoms with E-state index >= 15 is 0 Å². The number of thiocarbonyl (C=S) groups is 1. The van der Waals surface area contributed by atoms with Gasteiger partial charge in [0.1, 0.15) is 5.00 Å². The highest BCUT2D eigenvalue weighted by atomic mass is 32.1. The quantitative estimate of drug-likeness (QED) is 0.428. The molecule has 3 rings (SSSR count). The number of ether oxygens (including phenoxy) is 1. The minimum absolute atomic E-state index is 0.254. The molecule has 0 atom stereocenters. The number of anilines is 1. The van der Waals surface area contributed by atoms with E-state index in [0.717, 1.165) is 49.3 Å². The Hall–Kier alpha value is -1.93. The molecule has 0 aromatic carbocycles. The van der Waals surface area contributed by atoms with Gasteiger partial charge in [-0.05, 0) is 62.9 Å². The summed E-state index contributed by atoms with van der Waals surface area (Å²) < 4.78 is 7.16. The van der Waals surface area contributed by atoms with Gasteiger partial charge in [-0.1, -0.05) is 0 Å². The second-order valence-electron chi connectivity index (χ2n) is 6.14. The van der Waals surface area contributed by atoms with Crippen LogP contribution in [0.5, 0.6) is 0 Å². The minimum atomic E-state index is -0.254. The SMILES string of the molecule is CCOC(=O)c1c(NC(=S)NCCCn2cccn2)sc2c1CCCC2. The van der Waals surface area contributed by atoms with Crippen molar-refractivity contribution in [3.8, 4) is 0 Å². The molecule has 2 aromatic heterocycles. The number of aryl methyl sites for hydroxylation is 2. The third-order valence-electron chi connectivity index (χ3n) is 4.29. The van der Waals surface area contributed by atoms with Gasteiger partial charge in [0.25, 0.3) is 0 Å². The summed E-state index contributed by atoms with van der Waals surface area (Å²) in [4.78, 5) is 13.7. The maximum absolute atomic E-state index is 12.4. The Balaban J connectivity index is 1.60. The first kappa shape index (κ1) is 18.8. The highest BCUT2D eigenvalue weighted by Gasteiger charge is 2.26. The molecule has 0 saturated carbocycles. The van der Waals surface area contributed by atoms with Crippen LogP contribution in [0.15, 0.2) is 18.5 Å². The Bertz CT molecular complexity index is 756. The van der Waals surface area contributed by atoms with Crippen LogP contribution in [-0.2, 0) is 24.1 Å². The molecule has 2 aromatic rings. The zero-order chi connectivity index (χ0) is 18.4. The van der Waals surface area contributed by atoms with Crippen LogP contribution in [0, 0.1) is 0 Å². The van der Waals surface area contributed by atoms with Gasteiger partial charge in [0.15, 0.2) is 5.11 Å². The number of hydrogen-bond acceptors (Lipinski definition) is 5. The molecule has 6 nitrogen and oxygen atoms in total. The van der Waals surface area contributed by atoms with Crippen molar-refractivity contribution < 1.29 is 9.53 Å². The van der Waals surface area contributed by atoms with Crippen molar-refractivity contribution >= 4 is 39.6 Å². The summed E-state index contributed by atoms with van der Waals surface area (Å²) in [5.41, 5.74) is 1.82. The summed E-state index contributed by atoms with van der Waals surface area (Å²) in [6.45, 7) is 3.78. The standard InChI is InChI=1S/C18H24N4O2S2/c1-2-24-17(23)15-13-7-3-4-8-14(13)26-16(15)21-18(25)19-9-5-11-22-12-6-10-20-22/h6,10,12H,2-5,7-9,11H2,1H3,(H2,19,21,25). The first-order valence-electron chi connectivity index (χ1n) is 9.03. The van der Waals surface area contributed by atoms with Gasteiger partial charge in [0.05, 0.1) is 12.2 Å². The predicted octanol–water partition coefficient (Wildman–Crippen LogP) is 3.38. The van der Waals surface area contributed by atoms with Crippen LogP contribution >= 0.6 is 23.6 Å². The molecule has 8 heteroatoms. The molecule has 2 N–H and O–H groups in total. The molecule has 0 spiro atoms. The molecular formula is C18H24N4O2S2. The van der Waals surface area contributed by atoms with Crippen LogP contribution < -0.4 is 10.6 Å². The van der Waals surface area contributed by atoms with E-state index in [1.807, 2.05) is 23.9 Å². The molecule has 1 aliphatic carbocycles. The summed E-state index contributed by atoms with van der Waals surface area (Å²) in [5.74, 6) is -0.254. The largest absolute Gasteiger partial charge is 0.462 e. The molecule has 0 bridgehead atoms. The Kier molecular flexibility index (Phi) is 6.62. The lowest BCUT2D eigenvalue weighted by molar-refractivity contribution is 0.0526. The fourth-order valence-electron chi connectivity index (χ4n) is 3.10. The van der Waals surface area contributed by atoms with Crippen LogP contribution in [0.2, 0.25) is 0 Å². The molecule has 1 aliphatic rings. The number of nitrogens with one attached hydrogen (secondary N) is 2. The van der Waals surface area contributed by atoms with E-state index < -0.39 is 0 Å². The summed E-state index contributed by atoms with van der Waals surface area (Å²) in [6, 6.07) is 1.91. The van der Waals surface area contributed by atoms with Crippen molar-refractivity contribution in [2.45, 2.75) is 45.6 Å². The van der Waals surface area contributed by atoms with Crippen molar-refractivity contribution in [2.24, 2.45) is 0 Å².